The topological polar surface area (TPSA) is 66.5 Å². The Hall–Kier alpha value is -0.820. The first-order valence-electron chi connectivity index (χ1n) is 4.86. The number of sulfonamides is 1. The predicted molar refractivity (Wildman–Crippen MR) is 72.6 cm³/mol. The van der Waals surface area contributed by atoms with E-state index in [1.165, 1.54) is 25.2 Å². The van der Waals surface area contributed by atoms with Crippen LogP contribution >= 0.6 is 23.2 Å². The van der Waals surface area contributed by atoms with Gasteiger partial charge in [0.2, 0.25) is 15.9 Å². The molecule has 1 amide bonds. The normalized spacial score (nSPS) is 11.6. The van der Waals surface area contributed by atoms with E-state index in [0.717, 1.165) is 10.6 Å². The molecule has 0 fully saturated rings. The van der Waals surface area contributed by atoms with Gasteiger partial charge < -0.3 is 5.32 Å². The second kappa shape index (κ2) is 5.88. The molecule has 1 rings (SSSR count). The highest BCUT2D eigenvalue weighted by Gasteiger charge is 2.15. The van der Waals surface area contributed by atoms with Crippen LogP contribution in [0.3, 0.4) is 0 Å². The number of carbonyl (C=O) groups excluding carboxylic acids is 1. The number of hydrogen-bond acceptors (Lipinski definition) is 3. The van der Waals surface area contributed by atoms with E-state index in [1.54, 1.807) is 0 Å². The van der Waals surface area contributed by atoms with Gasteiger partial charge in [0.05, 0.1) is 12.8 Å². The van der Waals surface area contributed by atoms with E-state index in [9.17, 15) is 13.2 Å². The maximum atomic E-state index is 11.6. The van der Waals surface area contributed by atoms with Crippen molar-refractivity contribution in [2.24, 2.45) is 0 Å². The van der Waals surface area contributed by atoms with Gasteiger partial charge in [0.25, 0.3) is 0 Å². The third-order valence-corrected chi connectivity index (χ3v) is 3.78. The number of nitrogens with one attached hydrogen (secondary N) is 1. The largest absolute Gasteiger partial charge is 0.325 e. The van der Waals surface area contributed by atoms with Crippen molar-refractivity contribution >= 4 is 44.8 Å². The number of likely N-dealkylation sites (N-methyl/N-ethyl adjacent to an activating group) is 1. The van der Waals surface area contributed by atoms with E-state index in [1.807, 2.05) is 0 Å². The standard InChI is InChI=1S/C10H12Cl2N2O3S/c1-14(18(2,16)17)6-10(15)13-9-4-7(11)3-8(12)5-9/h3-5H,6H2,1-2H3,(H,13,15). The molecule has 0 heterocycles. The highest BCUT2D eigenvalue weighted by atomic mass is 35.5. The van der Waals surface area contributed by atoms with Crippen LogP contribution < -0.4 is 5.32 Å². The summed E-state index contributed by atoms with van der Waals surface area (Å²) in [7, 11) is -2.07. The van der Waals surface area contributed by atoms with Crippen LogP contribution in [0.4, 0.5) is 5.69 Å². The number of benzene rings is 1. The number of hydrogen-bond donors (Lipinski definition) is 1. The molecule has 0 atom stereocenters. The van der Waals surface area contributed by atoms with Gasteiger partial charge in [-0.2, -0.15) is 4.31 Å². The summed E-state index contributed by atoms with van der Waals surface area (Å²) in [6.45, 7) is -0.275. The summed E-state index contributed by atoms with van der Waals surface area (Å²) in [5, 5.41) is 3.28. The van der Waals surface area contributed by atoms with Crippen molar-refractivity contribution < 1.29 is 13.2 Å². The third kappa shape index (κ3) is 4.81. The van der Waals surface area contributed by atoms with Crippen molar-refractivity contribution in [3.05, 3.63) is 28.2 Å². The lowest BCUT2D eigenvalue weighted by Gasteiger charge is -2.13. The van der Waals surface area contributed by atoms with E-state index in [0.29, 0.717) is 15.7 Å². The van der Waals surface area contributed by atoms with E-state index < -0.39 is 15.9 Å². The first kappa shape index (κ1) is 15.2. The van der Waals surface area contributed by atoms with Crippen LogP contribution in [0.1, 0.15) is 0 Å². The quantitative estimate of drug-likeness (QED) is 0.922. The molecule has 0 aliphatic carbocycles. The lowest BCUT2D eigenvalue weighted by molar-refractivity contribution is -0.116. The summed E-state index contributed by atoms with van der Waals surface area (Å²) in [4.78, 5) is 11.6. The predicted octanol–water partition coefficient (Wildman–Crippen LogP) is 1.82. The van der Waals surface area contributed by atoms with Crippen LogP contribution in [-0.4, -0.2) is 38.5 Å². The second-order valence-corrected chi connectivity index (χ2v) is 6.69. The molecule has 18 heavy (non-hydrogen) atoms. The van der Waals surface area contributed by atoms with Gasteiger partial charge in [-0.25, -0.2) is 8.42 Å². The van der Waals surface area contributed by atoms with Crippen molar-refractivity contribution in [1.82, 2.24) is 4.31 Å². The molecule has 1 aromatic carbocycles. The minimum absolute atomic E-state index is 0.275. The molecule has 0 aliphatic heterocycles. The van der Waals surface area contributed by atoms with Gasteiger partial charge in [0.1, 0.15) is 0 Å². The Morgan fingerprint density at radius 1 is 1.28 bits per heavy atom. The molecule has 0 aromatic heterocycles. The zero-order valence-electron chi connectivity index (χ0n) is 9.78. The summed E-state index contributed by atoms with van der Waals surface area (Å²) < 4.78 is 23.2. The minimum Gasteiger partial charge on any atom is -0.325 e. The SMILES string of the molecule is CN(CC(=O)Nc1cc(Cl)cc(Cl)c1)S(C)(=O)=O. The van der Waals surface area contributed by atoms with E-state index in [2.05, 4.69) is 5.32 Å². The first-order chi connectivity index (χ1) is 8.18. The summed E-state index contributed by atoms with van der Waals surface area (Å²) >= 11 is 11.5. The minimum atomic E-state index is -3.39. The zero-order valence-corrected chi connectivity index (χ0v) is 12.1. The van der Waals surface area contributed by atoms with Gasteiger partial charge in [0, 0.05) is 22.8 Å². The van der Waals surface area contributed by atoms with Crippen LogP contribution in [0.5, 0.6) is 0 Å². The number of carbonyl (C=O) groups is 1. The van der Waals surface area contributed by atoms with E-state index in [-0.39, 0.29) is 6.54 Å². The summed E-state index contributed by atoms with van der Waals surface area (Å²) in [6, 6.07) is 4.57. The van der Waals surface area contributed by atoms with Crippen LogP contribution in [-0.2, 0) is 14.8 Å². The Morgan fingerprint density at radius 3 is 2.22 bits per heavy atom. The van der Waals surface area contributed by atoms with Crippen LogP contribution in [0.25, 0.3) is 0 Å². The maximum Gasteiger partial charge on any atom is 0.239 e. The fourth-order valence-corrected chi connectivity index (χ4v) is 2.02. The molecule has 1 aromatic rings. The van der Waals surface area contributed by atoms with Gasteiger partial charge in [0.15, 0.2) is 0 Å². The highest BCUT2D eigenvalue weighted by molar-refractivity contribution is 7.88. The summed E-state index contributed by atoms with van der Waals surface area (Å²) in [6.07, 6.45) is 1.02. The van der Waals surface area contributed by atoms with Crippen LogP contribution in [0.15, 0.2) is 18.2 Å². The van der Waals surface area contributed by atoms with Gasteiger partial charge in [-0.1, -0.05) is 23.2 Å². The molecule has 0 spiro atoms. The first-order valence-corrected chi connectivity index (χ1v) is 7.46. The number of rotatable bonds is 4. The summed E-state index contributed by atoms with van der Waals surface area (Å²) in [5.74, 6) is -0.471. The molecule has 0 saturated heterocycles. The van der Waals surface area contributed by atoms with Crippen molar-refractivity contribution in [2.45, 2.75) is 0 Å². The molecule has 0 saturated carbocycles. The van der Waals surface area contributed by atoms with Crippen molar-refractivity contribution in [1.29, 1.82) is 0 Å². The smallest absolute Gasteiger partial charge is 0.239 e. The average molecular weight is 311 g/mol. The molecule has 100 valence electrons. The van der Waals surface area contributed by atoms with Gasteiger partial charge in [-0.3, -0.25) is 4.79 Å². The molecule has 5 nitrogen and oxygen atoms in total. The fourth-order valence-electron chi connectivity index (χ4n) is 1.15. The Bertz CT molecular complexity index is 540. The third-order valence-electron chi connectivity index (χ3n) is 2.08. The van der Waals surface area contributed by atoms with Crippen molar-refractivity contribution in [2.75, 3.05) is 25.2 Å². The van der Waals surface area contributed by atoms with Crippen molar-refractivity contribution in [3.8, 4) is 0 Å². The zero-order chi connectivity index (χ0) is 13.9. The van der Waals surface area contributed by atoms with E-state index >= 15 is 0 Å². The Kier molecular flexibility index (Phi) is 4.98. The van der Waals surface area contributed by atoms with Crippen LogP contribution in [0.2, 0.25) is 10.0 Å². The van der Waals surface area contributed by atoms with Gasteiger partial charge >= 0.3 is 0 Å². The molecule has 0 bridgehead atoms. The molecule has 0 radical (unpaired) electrons. The fraction of sp³-hybridized carbons (Fsp3) is 0.300. The number of amides is 1. The molecular formula is C10H12Cl2N2O3S. The van der Waals surface area contributed by atoms with Crippen molar-refractivity contribution in [3.63, 3.8) is 0 Å². The number of anilines is 1. The van der Waals surface area contributed by atoms with Crippen LogP contribution in [0, 0.1) is 0 Å². The molecule has 1 N–H and O–H groups in total. The number of halogens is 2. The van der Waals surface area contributed by atoms with Gasteiger partial charge in [-0.05, 0) is 18.2 Å². The Morgan fingerprint density at radius 2 is 1.78 bits per heavy atom. The number of nitrogens with zero attached hydrogens (tertiary/aromatic N) is 1. The Labute approximate surface area is 116 Å². The monoisotopic (exact) mass is 310 g/mol. The van der Waals surface area contributed by atoms with E-state index in [4.69, 9.17) is 23.2 Å². The van der Waals surface area contributed by atoms with Gasteiger partial charge in [-0.15, -0.1) is 0 Å². The maximum absolute atomic E-state index is 11.6. The molecule has 0 aliphatic rings. The summed E-state index contributed by atoms with van der Waals surface area (Å²) in [5.41, 5.74) is 0.416. The Balaban J connectivity index is 2.71. The lowest BCUT2D eigenvalue weighted by Crippen LogP contribution is -2.34. The molecular weight excluding hydrogens is 299 g/mol. The average Bonchev–Trinajstić information content (AvgIpc) is 2.13. The lowest BCUT2D eigenvalue weighted by atomic mass is 10.3. The molecule has 8 heteroatoms. The molecule has 0 unspecified atom stereocenters. The second-order valence-electron chi connectivity index (χ2n) is 3.73. The highest BCUT2D eigenvalue weighted by Crippen LogP contribution is 2.22.